The Balaban J connectivity index is 1.49. The van der Waals surface area contributed by atoms with Crippen LogP contribution in [0.5, 0.6) is 11.5 Å². The number of hydrogen-bond acceptors (Lipinski definition) is 7. The standard InChI is InChI=1S/C23H29N3O7S/c1-16-4-7-18(8-5-16)34(29,30)26-12-13-33-21(26)15-25-23(28)22(27)24-11-10-17-6-9-19(31-2)20(14-17)32-3/h4-9,14,21H,10-13,15H2,1-3H3,(H,24,27)(H,25,28)/t21-/m0/s1. The molecule has 0 aromatic heterocycles. The third-order valence-corrected chi connectivity index (χ3v) is 7.26. The van der Waals surface area contributed by atoms with Gasteiger partial charge >= 0.3 is 11.8 Å². The van der Waals surface area contributed by atoms with E-state index in [0.29, 0.717) is 17.9 Å². The number of aryl methyl sites for hydroxylation is 1. The second-order valence-electron chi connectivity index (χ2n) is 7.66. The Morgan fingerprint density at radius 3 is 2.38 bits per heavy atom. The molecule has 10 nitrogen and oxygen atoms in total. The zero-order valence-corrected chi connectivity index (χ0v) is 20.2. The number of carbonyl (C=O) groups excluding carboxylic acids is 2. The van der Waals surface area contributed by atoms with Crippen LogP contribution in [0.3, 0.4) is 0 Å². The highest BCUT2D eigenvalue weighted by Gasteiger charge is 2.36. The highest BCUT2D eigenvalue weighted by Crippen LogP contribution is 2.27. The summed E-state index contributed by atoms with van der Waals surface area (Å²) in [6.07, 6.45) is -0.414. The molecule has 1 fully saturated rings. The SMILES string of the molecule is COc1ccc(CCNC(=O)C(=O)NC[C@@H]2OCCN2S(=O)(=O)c2ccc(C)cc2)cc1OC. The van der Waals surface area contributed by atoms with E-state index in [1.165, 1.54) is 23.5 Å². The van der Waals surface area contributed by atoms with Crippen molar-refractivity contribution in [1.82, 2.24) is 14.9 Å². The smallest absolute Gasteiger partial charge is 0.309 e. The molecule has 34 heavy (non-hydrogen) atoms. The number of nitrogens with zero attached hydrogens (tertiary/aromatic N) is 1. The fraction of sp³-hybridized carbons (Fsp3) is 0.391. The molecule has 2 aromatic rings. The minimum atomic E-state index is -3.79. The Labute approximate surface area is 199 Å². The van der Waals surface area contributed by atoms with Gasteiger partial charge in [-0.2, -0.15) is 4.31 Å². The Morgan fingerprint density at radius 1 is 1.03 bits per heavy atom. The first-order chi connectivity index (χ1) is 16.3. The van der Waals surface area contributed by atoms with Crippen molar-refractivity contribution in [1.29, 1.82) is 0 Å². The van der Waals surface area contributed by atoms with E-state index in [0.717, 1.165) is 11.1 Å². The summed E-state index contributed by atoms with van der Waals surface area (Å²) in [5.74, 6) is -0.505. The molecule has 0 radical (unpaired) electrons. The van der Waals surface area contributed by atoms with Gasteiger partial charge in [0.25, 0.3) is 0 Å². The zero-order valence-electron chi connectivity index (χ0n) is 19.4. The van der Waals surface area contributed by atoms with Crippen LogP contribution in [-0.4, -0.2) is 71.2 Å². The Morgan fingerprint density at radius 2 is 1.71 bits per heavy atom. The van der Waals surface area contributed by atoms with Crippen molar-refractivity contribution >= 4 is 21.8 Å². The maximum Gasteiger partial charge on any atom is 0.309 e. The molecule has 0 saturated carbocycles. The summed E-state index contributed by atoms with van der Waals surface area (Å²) < 4.78 is 43.0. The first-order valence-electron chi connectivity index (χ1n) is 10.7. The van der Waals surface area contributed by atoms with Crippen molar-refractivity contribution in [3.63, 3.8) is 0 Å². The topological polar surface area (TPSA) is 123 Å². The molecule has 2 aromatic carbocycles. The summed E-state index contributed by atoms with van der Waals surface area (Å²) in [5.41, 5.74) is 1.84. The van der Waals surface area contributed by atoms with E-state index in [2.05, 4.69) is 10.6 Å². The summed E-state index contributed by atoms with van der Waals surface area (Å²) in [4.78, 5) is 24.5. The molecule has 2 N–H and O–H groups in total. The third kappa shape index (κ3) is 6.04. The van der Waals surface area contributed by atoms with Crippen LogP contribution in [0.15, 0.2) is 47.4 Å². The quantitative estimate of drug-likeness (QED) is 0.498. The van der Waals surface area contributed by atoms with Crippen molar-refractivity contribution in [2.24, 2.45) is 0 Å². The van der Waals surface area contributed by atoms with Gasteiger partial charge in [-0.05, 0) is 43.2 Å². The lowest BCUT2D eigenvalue weighted by Gasteiger charge is -2.22. The summed E-state index contributed by atoms with van der Waals surface area (Å²) in [5, 5.41) is 5.00. The molecule has 0 bridgehead atoms. The summed E-state index contributed by atoms with van der Waals surface area (Å²) >= 11 is 0. The molecule has 0 spiro atoms. The first-order valence-corrected chi connectivity index (χ1v) is 12.2. The lowest BCUT2D eigenvalue weighted by molar-refractivity contribution is -0.139. The average molecular weight is 492 g/mol. The first kappa shape index (κ1) is 25.5. The number of hydrogen-bond donors (Lipinski definition) is 2. The minimum absolute atomic E-state index is 0.146. The Kier molecular flexibility index (Phi) is 8.48. The van der Waals surface area contributed by atoms with Crippen molar-refractivity contribution in [3.8, 4) is 11.5 Å². The van der Waals surface area contributed by atoms with Crippen LogP contribution in [0, 0.1) is 6.92 Å². The monoisotopic (exact) mass is 491 g/mol. The lowest BCUT2D eigenvalue weighted by atomic mass is 10.1. The van der Waals surface area contributed by atoms with Crippen LogP contribution in [0.25, 0.3) is 0 Å². The van der Waals surface area contributed by atoms with Gasteiger partial charge in [0, 0.05) is 13.1 Å². The van der Waals surface area contributed by atoms with Gasteiger partial charge in [0.1, 0.15) is 6.23 Å². The van der Waals surface area contributed by atoms with Gasteiger partial charge in [0.05, 0.1) is 32.3 Å². The van der Waals surface area contributed by atoms with Crippen LogP contribution < -0.4 is 20.1 Å². The van der Waals surface area contributed by atoms with E-state index >= 15 is 0 Å². The number of methoxy groups -OCH3 is 2. The molecule has 0 aliphatic carbocycles. The van der Waals surface area contributed by atoms with Crippen molar-refractivity contribution in [3.05, 3.63) is 53.6 Å². The number of nitrogens with one attached hydrogen (secondary N) is 2. The van der Waals surface area contributed by atoms with Gasteiger partial charge < -0.3 is 24.8 Å². The van der Waals surface area contributed by atoms with Gasteiger partial charge in [-0.25, -0.2) is 8.42 Å². The van der Waals surface area contributed by atoms with Crippen molar-refractivity contribution < 1.29 is 32.2 Å². The van der Waals surface area contributed by atoms with Crippen LogP contribution in [0.2, 0.25) is 0 Å². The Bertz CT molecular complexity index is 1120. The van der Waals surface area contributed by atoms with E-state index in [1.807, 2.05) is 13.0 Å². The predicted octanol–water partition coefficient (Wildman–Crippen LogP) is 0.834. The average Bonchev–Trinajstić information content (AvgIpc) is 3.32. The molecule has 3 rings (SSSR count). The molecular formula is C23H29N3O7S. The lowest BCUT2D eigenvalue weighted by Crippen LogP contribution is -2.47. The van der Waals surface area contributed by atoms with Gasteiger partial charge in [0.15, 0.2) is 11.5 Å². The second kappa shape index (κ2) is 11.3. The molecule has 1 aliphatic heterocycles. The van der Waals surface area contributed by atoms with Crippen LogP contribution >= 0.6 is 0 Å². The highest BCUT2D eigenvalue weighted by molar-refractivity contribution is 7.89. The summed E-state index contributed by atoms with van der Waals surface area (Å²) in [6, 6.07) is 11.9. The van der Waals surface area contributed by atoms with Gasteiger partial charge in [0.2, 0.25) is 10.0 Å². The zero-order chi connectivity index (χ0) is 24.7. The fourth-order valence-corrected chi connectivity index (χ4v) is 4.99. The second-order valence-corrected chi connectivity index (χ2v) is 9.55. The molecular weight excluding hydrogens is 462 g/mol. The minimum Gasteiger partial charge on any atom is -0.493 e. The van der Waals surface area contributed by atoms with Gasteiger partial charge in [-0.15, -0.1) is 0 Å². The number of amides is 2. The fourth-order valence-electron chi connectivity index (χ4n) is 3.48. The van der Waals surface area contributed by atoms with Crippen LogP contribution in [0.1, 0.15) is 11.1 Å². The molecule has 0 unspecified atom stereocenters. The summed E-state index contributed by atoms with van der Waals surface area (Å²) in [6.45, 7) is 2.31. The largest absolute Gasteiger partial charge is 0.493 e. The highest BCUT2D eigenvalue weighted by atomic mass is 32.2. The normalized spacial score (nSPS) is 16.1. The molecule has 1 atom stereocenters. The summed E-state index contributed by atoms with van der Waals surface area (Å²) in [7, 11) is -0.709. The van der Waals surface area contributed by atoms with Gasteiger partial charge in [-0.3, -0.25) is 9.59 Å². The molecule has 1 aliphatic rings. The molecule has 184 valence electrons. The van der Waals surface area contributed by atoms with Gasteiger partial charge in [-0.1, -0.05) is 23.8 Å². The number of sulfonamides is 1. The number of rotatable bonds is 9. The van der Waals surface area contributed by atoms with E-state index < -0.39 is 28.1 Å². The maximum atomic E-state index is 12.9. The van der Waals surface area contributed by atoms with E-state index in [1.54, 1.807) is 31.4 Å². The van der Waals surface area contributed by atoms with Crippen molar-refractivity contribution in [2.45, 2.75) is 24.5 Å². The van der Waals surface area contributed by atoms with Crippen LogP contribution in [0.4, 0.5) is 0 Å². The number of benzene rings is 2. The Hall–Kier alpha value is -3.15. The predicted molar refractivity (Wildman–Crippen MR) is 124 cm³/mol. The molecule has 11 heteroatoms. The van der Waals surface area contributed by atoms with Crippen LogP contribution in [-0.2, 0) is 30.8 Å². The maximum absolute atomic E-state index is 12.9. The van der Waals surface area contributed by atoms with E-state index in [-0.39, 0.29) is 31.1 Å². The molecule has 1 heterocycles. The van der Waals surface area contributed by atoms with E-state index in [9.17, 15) is 18.0 Å². The number of carbonyl (C=O) groups is 2. The molecule has 1 saturated heterocycles. The van der Waals surface area contributed by atoms with E-state index in [4.69, 9.17) is 14.2 Å². The third-order valence-electron chi connectivity index (χ3n) is 5.36. The number of ether oxygens (including phenoxy) is 3. The van der Waals surface area contributed by atoms with Crippen molar-refractivity contribution in [2.75, 3.05) is 40.5 Å². The molecule has 2 amide bonds.